The first-order valence-electron chi connectivity index (χ1n) is 8.96. The average molecular weight is 385 g/mol. The first kappa shape index (κ1) is 22.3. The minimum atomic E-state index is -3.66. The number of ether oxygens (including phenoxy) is 1. The van der Waals surface area contributed by atoms with Crippen molar-refractivity contribution >= 4 is 21.6 Å². The maximum Gasteiger partial charge on any atom is 0.244 e. The monoisotopic (exact) mass is 384 g/mol. The number of amides is 1. The Morgan fingerprint density at radius 2 is 1.77 bits per heavy atom. The summed E-state index contributed by atoms with van der Waals surface area (Å²) < 4.78 is 31.4. The molecule has 0 saturated carbocycles. The van der Waals surface area contributed by atoms with Crippen LogP contribution in [0.25, 0.3) is 0 Å². The van der Waals surface area contributed by atoms with Crippen molar-refractivity contribution in [2.24, 2.45) is 11.8 Å². The van der Waals surface area contributed by atoms with Crippen molar-refractivity contribution in [1.82, 2.24) is 5.32 Å². The zero-order valence-electron chi connectivity index (χ0n) is 16.8. The molecule has 0 radical (unpaired) electrons. The van der Waals surface area contributed by atoms with Gasteiger partial charge in [-0.3, -0.25) is 9.10 Å². The lowest BCUT2D eigenvalue weighted by atomic mass is 9.93. The number of benzene rings is 1. The number of nitrogens with zero attached hydrogens (tertiary/aromatic N) is 1. The molecule has 1 rings (SSSR count). The minimum Gasteiger partial charge on any atom is -0.497 e. The molecule has 1 amide bonds. The molecular formula is C19H32N2O4S. The Morgan fingerprint density at radius 3 is 2.19 bits per heavy atom. The second-order valence-corrected chi connectivity index (χ2v) is 9.07. The Bertz CT molecular complexity index is 693. The van der Waals surface area contributed by atoms with Gasteiger partial charge in [-0.25, -0.2) is 8.42 Å². The summed E-state index contributed by atoms with van der Waals surface area (Å²) >= 11 is 0. The number of carbonyl (C=O) groups is 1. The Kier molecular flexibility index (Phi) is 7.93. The van der Waals surface area contributed by atoms with E-state index in [1.54, 1.807) is 24.3 Å². The lowest BCUT2D eigenvalue weighted by Gasteiger charge is -2.33. The third kappa shape index (κ3) is 5.62. The number of carbonyl (C=O) groups excluding carboxylic acids is 1. The SMILES string of the molecule is CCC(C(=O)NC(C(C)C)C(C)C)N(c1cccc(OC)c1)S(C)(=O)=O. The van der Waals surface area contributed by atoms with Crippen molar-refractivity contribution in [3.8, 4) is 5.75 Å². The van der Waals surface area contributed by atoms with Gasteiger partial charge in [-0.15, -0.1) is 0 Å². The molecule has 1 unspecified atom stereocenters. The van der Waals surface area contributed by atoms with Crippen LogP contribution in [0.4, 0.5) is 5.69 Å². The van der Waals surface area contributed by atoms with Crippen molar-refractivity contribution in [2.75, 3.05) is 17.7 Å². The molecule has 0 heterocycles. The van der Waals surface area contributed by atoms with Crippen LogP contribution in [0, 0.1) is 11.8 Å². The van der Waals surface area contributed by atoms with Crippen molar-refractivity contribution in [1.29, 1.82) is 0 Å². The van der Waals surface area contributed by atoms with Crippen molar-refractivity contribution < 1.29 is 17.9 Å². The van der Waals surface area contributed by atoms with E-state index in [-0.39, 0.29) is 23.8 Å². The lowest BCUT2D eigenvalue weighted by Crippen LogP contribution is -2.53. The second-order valence-electron chi connectivity index (χ2n) is 7.21. The van der Waals surface area contributed by atoms with Gasteiger partial charge in [0.05, 0.1) is 19.1 Å². The molecule has 1 aromatic carbocycles. The Morgan fingerprint density at radius 1 is 1.19 bits per heavy atom. The summed E-state index contributed by atoms with van der Waals surface area (Å²) in [6.45, 7) is 9.98. The van der Waals surface area contributed by atoms with Crippen LogP contribution in [0.1, 0.15) is 41.0 Å². The third-order valence-electron chi connectivity index (χ3n) is 4.38. The summed E-state index contributed by atoms with van der Waals surface area (Å²) in [6, 6.07) is 5.89. The summed E-state index contributed by atoms with van der Waals surface area (Å²) in [5.41, 5.74) is 0.416. The van der Waals surface area contributed by atoms with E-state index in [4.69, 9.17) is 4.74 Å². The highest BCUT2D eigenvalue weighted by Crippen LogP contribution is 2.26. The number of methoxy groups -OCH3 is 1. The predicted octanol–water partition coefficient (Wildman–Crippen LogP) is 3.04. The van der Waals surface area contributed by atoms with Crippen molar-refractivity contribution in [2.45, 2.75) is 53.1 Å². The molecule has 0 spiro atoms. The lowest BCUT2D eigenvalue weighted by molar-refractivity contribution is -0.123. The maximum atomic E-state index is 13.0. The number of hydrogen-bond donors (Lipinski definition) is 1. The third-order valence-corrected chi connectivity index (χ3v) is 5.56. The van der Waals surface area contributed by atoms with Crippen LogP contribution in [-0.2, 0) is 14.8 Å². The largest absolute Gasteiger partial charge is 0.497 e. The molecule has 0 saturated heterocycles. The molecule has 7 heteroatoms. The van der Waals surface area contributed by atoms with Gasteiger partial charge in [-0.05, 0) is 30.4 Å². The van der Waals surface area contributed by atoms with E-state index < -0.39 is 16.1 Å². The Hall–Kier alpha value is -1.76. The van der Waals surface area contributed by atoms with E-state index in [1.807, 2.05) is 34.6 Å². The summed E-state index contributed by atoms with van der Waals surface area (Å²) in [6.07, 6.45) is 1.48. The van der Waals surface area contributed by atoms with Crippen LogP contribution in [-0.4, -0.2) is 39.8 Å². The highest BCUT2D eigenvalue weighted by atomic mass is 32.2. The van der Waals surface area contributed by atoms with Gasteiger partial charge in [0.2, 0.25) is 15.9 Å². The average Bonchev–Trinajstić information content (AvgIpc) is 2.55. The fourth-order valence-corrected chi connectivity index (χ4v) is 4.38. The van der Waals surface area contributed by atoms with Crippen molar-refractivity contribution in [3.63, 3.8) is 0 Å². The van der Waals surface area contributed by atoms with E-state index in [9.17, 15) is 13.2 Å². The fourth-order valence-electron chi connectivity index (χ4n) is 3.17. The summed E-state index contributed by atoms with van der Waals surface area (Å²) in [7, 11) is -2.14. The van der Waals surface area contributed by atoms with Crippen LogP contribution < -0.4 is 14.4 Å². The summed E-state index contributed by atoms with van der Waals surface area (Å²) in [5, 5.41) is 3.04. The number of anilines is 1. The Balaban J connectivity index is 3.27. The van der Waals surface area contributed by atoms with Crippen LogP contribution in [0.5, 0.6) is 5.75 Å². The number of rotatable bonds is 9. The molecular weight excluding hydrogens is 352 g/mol. The second kappa shape index (κ2) is 9.26. The first-order valence-corrected chi connectivity index (χ1v) is 10.8. The number of hydrogen-bond acceptors (Lipinski definition) is 4. The number of nitrogens with one attached hydrogen (secondary N) is 1. The van der Waals surface area contributed by atoms with Gasteiger partial charge in [-0.1, -0.05) is 40.7 Å². The molecule has 0 aliphatic heterocycles. The van der Waals surface area contributed by atoms with Gasteiger partial charge in [0.1, 0.15) is 11.8 Å². The molecule has 0 aromatic heterocycles. The zero-order chi connectivity index (χ0) is 20.1. The van der Waals surface area contributed by atoms with E-state index in [0.717, 1.165) is 6.26 Å². The normalized spacial score (nSPS) is 13.2. The van der Waals surface area contributed by atoms with Gasteiger partial charge in [0, 0.05) is 12.1 Å². The smallest absolute Gasteiger partial charge is 0.244 e. The fraction of sp³-hybridized carbons (Fsp3) is 0.632. The highest BCUT2D eigenvalue weighted by Gasteiger charge is 2.33. The molecule has 0 fully saturated rings. The molecule has 0 bridgehead atoms. The van der Waals surface area contributed by atoms with Gasteiger partial charge in [0.15, 0.2) is 0 Å². The molecule has 1 N–H and O–H groups in total. The van der Waals surface area contributed by atoms with Crippen LogP contribution in [0.3, 0.4) is 0 Å². The zero-order valence-corrected chi connectivity index (χ0v) is 17.6. The van der Waals surface area contributed by atoms with E-state index in [2.05, 4.69) is 5.32 Å². The van der Waals surface area contributed by atoms with Crippen molar-refractivity contribution in [3.05, 3.63) is 24.3 Å². The number of sulfonamides is 1. The molecule has 148 valence electrons. The minimum absolute atomic E-state index is 0.0248. The quantitative estimate of drug-likeness (QED) is 0.710. The van der Waals surface area contributed by atoms with Gasteiger partial charge in [0.25, 0.3) is 0 Å². The standard InChI is InChI=1S/C19H32N2O4S/c1-8-17(19(22)20-18(13(2)3)14(4)5)21(26(7,23)24)15-10-9-11-16(12-15)25-6/h9-14,17-18H,8H2,1-7H3,(H,20,22). The molecule has 0 aliphatic rings. The van der Waals surface area contributed by atoms with Gasteiger partial charge >= 0.3 is 0 Å². The van der Waals surface area contributed by atoms with E-state index >= 15 is 0 Å². The molecule has 0 aliphatic carbocycles. The van der Waals surface area contributed by atoms with E-state index in [0.29, 0.717) is 17.9 Å². The Labute approximate surface area is 158 Å². The topological polar surface area (TPSA) is 75.7 Å². The van der Waals surface area contributed by atoms with E-state index in [1.165, 1.54) is 11.4 Å². The van der Waals surface area contributed by atoms with Crippen LogP contribution >= 0.6 is 0 Å². The van der Waals surface area contributed by atoms with Gasteiger partial charge < -0.3 is 10.1 Å². The summed E-state index contributed by atoms with van der Waals surface area (Å²) in [5.74, 6) is 0.752. The van der Waals surface area contributed by atoms with Crippen LogP contribution in [0.2, 0.25) is 0 Å². The van der Waals surface area contributed by atoms with Crippen LogP contribution in [0.15, 0.2) is 24.3 Å². The molecule has 6 nitrogen and oxygen atoms in total. The molecule has 26 heavy (non-hydrogen) atoms. The predicted molar refractivity (Wildman–Crippen MR) is 106 cm³/mol. The summed E-state index contributed by atoms with van der Waals surface area (Å²) in [4.78, 5) is 13.0. The first-order chi connectivity index (χ1) is 12.0. The molecule has 1 aromatic rings. The highest BCUT2D eigenvalue weighted by molar-refractivity contribution is 7.92. The maximum absolute atomic E-state index is 13.0. The molecule has 1 atom stereocenters. The van der Waals surface area contributed by atoms with Gasteiger partial charge in [-0.2, -0.15) is 0 Å².